The molecule has 0 saturated carbocycles. The third-order valence-corrected chi connectivity index (χ3v) is 3.31. The maximum Gasteiger partial charge on any atom is 0.166 e. The quantitative estimate of drug-likeness (QED) is 0.509. The van der Waals surface area contributed by atoms with Crippen LogP contribution >= 0.6 is 11.8 Å². The number of benzene rings is 2. The van der Waals surface area contributed by atoms with Crippen molar-refractivity contribution in [2.24, 2.45) is 5.73 Å². The van der Waals surface area contributed by atoms with Gasteiger partial charge in [-0.25, -0.2) is 4.39 Å². The van der Waals surface area contributed by atoms with Crippen LogP contribution < -0.4 is 10.5 Å². The average Bonchev–Trinajstić information content (AvgIpc) is 2.41. The molecule has 5 heteroatoms. The molecule has 0 aromatic heterocycles. The molecule has 0 fully saturated rings. The number of halogens is 1. The Morgan fingerprint density at radius 1 is 1.21 bits per heavy atom. The van der Waals surface area contributed by atoms with Crippen LogP contribution in [0, 0.1) is 11.2 Å². The highest BCUT2D eigenvalue weighted by molar-refractivity contribution is 7.98. The molecule has 0 heterocycles. The summed E-state index contributed by atoms with van der Waals surface area (Å²) in [6.45, 7) is 0. The first-order valence-corrected chi connectivity index (χ1v) is 6.79. The van der Waals surface area contributed by atoms with Gasteiger partial charge in [0.25, 0.3) is 0 Å². The van der Waals surface area contributed by atoms with Crippen LogP contribution in [0.3, 0.4) is 0 Å². The summed E-state index contributed by atoms with van der Waals surface area (Å²) in [6, 6.07) is 11.6. The average molecular weight is 276 g/mol. The fourth-order valence-electron chi connectivity index (χ4n) is 1.57. The van der Waals surface area contributed by atoms with Crippen molar-refractivity contribution in [2.45, 2.75) is 4.90 Å². The lowest BCUT2D eigenvalue weighted by Gasteiger charge is -2.10. The number of nitrogens with one attached hydrogen (secondary N) is 1. The van der Waals surface area contributed by atoms with E-state index in [1.165, 1.54) is 23.9 Å². The first-order chi connectivity index (χ1) is 9.11. The first-order valence-electron chi connectivity index (χ1n) is 5.56. The van der Waals surface area contributed by atoms with Gasteiger partial charge in [-0.15, -0.1) is 11.8 Å². The minimum absolute atomic E-state index is 0.117. The summed E-state index contributed by atoms with van der Waals surface area (Å²) in [5.41, 5.74) is 5.64. The van der Waals surface area contributed by atoms with Crippen LogP contribution in [-0.4, -0.2) is 12.1 Å². The Bertz CT molecular complexity index is 616. The molecule has 0 bridgehead atoms. The monoisotopic (exact) mass is 276 g/mol. The summed E-state index contributed by atoms with van der Waals surface area (Å²) in [6.07, 6.45) is 1.93. The number of nitrogen functional groups attached to an aromatic ring is 1. The lowest BCUT2D eigenvalue weighted by atomic mass is 10.2. The van der Waals surface area contributed by atoms with Gasteiger partial charge in [0.1, 0.15) is 11.6 Å². The maximum absolute atomic E-state index is 13.8. The molecule has 0 spiro atoms. The number of para-hydroxylation sites is 1. The molecule has 0 aliphatic carbocycles. The van der Waals surface area contributed by atoms with Crippen molar-refractivity contribution in [1.29, 1.82) is 5.41 Å². The summed E-state index contributed by atoms with van der Waals surface area (Å²) >= 11 is 1.53. The Balaban J connectivity index is 2.31. The van der Waals surface area contributed by atoms with E-state index in [9.17, 15) is 4.39 Å². The van der Waals surface area contributed by atoms with E-state index in [1.54, 1.807) is 12.1 Å². The van der Waals surface area contributed by atoms with Gasteiger partial charge >= 0.3 is 0 Å². The van der Waals surface area contributed by atoms with E-state index in [0.29, 0.717) is 11.3 Å². The molecule has 2 aromatic carbocycles. The van der Waals surface area contributed by atoms with Gasteiger partial charge in [-0.2, -0.15) is 0 Å². The van der Waals surface area contributed by atoms with E-state index in [2.05, 4.69) is 0 Å². The number of hydrogen-bond donors (Lipinski definition) is 2. The van der Waals surface area contributed by atoms with Gasteiger partial charge in [0.2, 0.25) is 0 Å². The largest absolute Gasteiger partial charge is 0.453 e. The van der Waals surface area contributed by atoms with Crippen LogP contribution in [0.25, 0.3) is 0 Å². The fourth-order valence-corrected chi connectivity index (χ4v) is 2.10. The van der Waals surface area contributed by atoms with Gasteiger partial charge < -0.3 is 10.5 Å². The second kappa shape index (κ2) is 5.75. The molecule has 2 aromatic rings. The Hall–Kier alpha value is -2.01. The molecule has 3 N–H and O–H groups in total. The van der Waals surface area contributed by atoms with E-state index in [0.717, 1.165) is 4.90 Å². The Morgan fingerprint density at radius 2 is 1.95 bits per heavy atom. The van der Waals surface area contributed by atoms with E-state index < -0.39 is 5.82 Å². The van der Waals surface area contributed by atoms with Crippen LogP contribution in [-0.2, 0) is 0 Å². The smallest absolute Gasteiger partial charge is 0.166 e. The van der Waals surface area contributed by atoms with Gasteiger partial charge in [-0.1, -0.05) is 12.1 Å². The van der Waals surface area contributed by atoms with Crippen molar-refractivity contribution in [3.8, 4) is 11.5 Å². The Labute approximate surface area is 115 Å². The number of hydrogen-bond acceptors (Lipinski definition) is 3. The highest BCUT2D eigenvalue weighted by Gasteiger charge is 2.09. The van der Waals surface area contributed by atoms with Crippen molar-refractivity contribution in [3.63, 3.8) is 0 Å². The molecule has 0 saturated heterocycles. The van der Waals surface area contributed by atoms with Crippen molar-refractivity contribution in [2.75, 3.05) is 6.26 Å². The molecule has 2 rings (SSSR count). The minimum Gasteiger partial charge on any atom is -0.453 e. The topological polar surface area (TPSA) is 59.1 Å². The second-order valence-corrected chi connectivity index (χ2v) is 4.66. The standard InChI is InChI=1S/C14H13FN2OS/c1-19-13-5-3-2-4-12(13)18-11-7-6-9(14(16)17)8-10(11)15/h2-8H,1H3,(H3,16,17). The minimum atomic E-state index is -0.538. The van der Waals surface area contributed by atoms with E-state index in [1.807, 2.05) is 24.5 Å². The molecule has 0 aliphatic rings. The molecule has 0 aliphatic heterocycles. The highest BCUT2D eigenvalue weighted by Crippen LogP contribution is 2.32. The molecular formula is C14H13FN2OS. The zero-order valence-electron chi connectivity index (χ0n) is 10.3. The summed E-state index contributed by atoms with van der Waals surface area (Å²) in [4.78, 5) is 0.928. The van der Waals surface area contributed by atoms with Crippen LogP contribution in [0.2, 0.25) is 0 Å². The summed E-state index contributed by atoms with van der Waals surface area (Å²) in [7, 11) is 0. The highest BCUT2D eigenvalue weighted by atomic mass is 32.2. The molecule has 98 valence electrons. The molecule has 19 heavy (non-hydrogen) atoms. The number of rotatable bonds is 4. The molecule has 3 nitrogen and oxygen atoms in total. The van der Waals surface area contributed by atoms with Crippen LogP contribution in [0.4, 0.5) is 4.39 Å². The molecular weight excluding hydrogens is 263 g/mol. The second-order valence-electron chi connectivity index (χ2n) is 3.81. The van der Waals surface area contributed by atoms with Crippen LogP contribution in [0.15, 0.2) is 47.4 Å². The van der Waals surface area contributed by atoms with Gasteiger partial charge in [-0.3, -0.25) is 5.41 Å². The molecule has 0 radical (unpaired) electrons. The Kier molecular flexibility index (Phi) is 4.06. The Morgan fingerprint density at radius 3 is 2.58 bits per heavy atom. The lowest BCUT2D eigenvalue weighted by molar-refractivity contribution is 0.433. The summed E-state index contributed by atoms with van der Waals surface area (Å²) in [5, 5.41) is 7.25. The first kappa shape index (κ1) is 13.4. The van der Waals surface area contributed by atoms with E-state index in [-0.39, 0.29) is 11.6 Å². The predicted octanol–water partition coefficient (Wildman–Crippen LogP) is 3.62. The van der Waals surface area contributed by atoms with Crippen molar-refractivity contribution in [3.05, 3.63) is 53.8 Å². The van der Waals surface area contributed by atoms with Crippen molar-refractivity contribution < 1.29 is 9.13 Å². The number of nitrogens with two attached hydrogens (primary N) is 1. The summed E-state index contributed by atoms with van der Waals surface area (Å²) in [5.74, 6) is 0.00884. The zero-order valence-corrected chi connectivity index (χ0v) is 11.1. The third-order valence-electron chi connectivity index (χ3n) is 2.53. The van der Waals surface area contributed by atoms with Gasteiger partial charge in [0.15, 0.2) is 11.6 Å². The van der Waals surface area contributed by atoms with Crippen molar-refractivity contribution >= 4 is 17.6 Å². The van der Waals surface area contributed by atoms with Crippen LogP contribution in [0.5, 0.6) is 11.5 Å². The molecule has 0 unspecified atom stereocenters. The van der Waals surface area contributed by atoms with Crippen molar-refractivity contribution in [1.82, 2.24) is 0 Å². The number of thioether (sulfide) groups is 1. The number of amidine groups is 1. The van der Waals surface area contributed by atoms with Crippen LogP contribution in [0.1, 0.15) is 5.56 Å². The summed E-state index contributed by atoms with van der Waals surface area (Å²) < 4.78 is 19.4. The predicted molar refractivity (Wildman–Crippen MR) is 75.7 cm³/mol. The molecule has 0 amide bonds. The molecule has 0 atom stereocenters. The number of ether oxygens (including phenoxy) is 1. The van der Waals surface area contributed by atoms with Gasteiger partial charge in [0.05, 0.1) is 0 Å². The van der Waals surface area contributed by atoms with Gasteiger partial charge in [-0.05, 0) is 36.6 Å². The normalized spacial score (nSPS) is 10.2. The lowest BCUT2D eigenvalue weighted by Crippen LogP contribution is -2.11. The van der Waals surface area contributed by atoms with E-state index >= 15 is 0 Å². The zero-order chi connectivity index (χ0) is 13.8. The maximum atomic E-state index is 13.8. The van der Waals surface area contributed by atoms with E-state index in [4.69, 9.17) is 15.9 Å². The third kappa shape index (κ3) is 3.06. The fraction of sp³-hybridized carbons (Fsp3) is 0.0714. The van der Waals surface area contributed by atoms with Gasteiger partial charge in [0, 0.05) is 10.5 Å². The SMILES string of the molecule is CSc1ccccc1Oc1ccc(C(=N)N)cc1F.